The molecular formula is C20H18FN3O. The fourth-order valence-corrected chi connectivity index (χ4v) is 4.13. The van der Waals surface area contributed by atoms with E-state index in [9.17, 15) is 9.18 Å². The molecule has 0 spiro atoms. The summed E-state index contributed by atoms with van der Waals surface area (Å²) in [6.45, 7) is 2.56. The van der Waals surface area contributed by atoms with Gasteiger partial charge >= 0.3 is 0 Å². The summed E-state index contributed by atoms with van der Waals surface area (Å²) < 4.78 is 15.3. The molecule has 1 aromatic heterocycles. The molecule has 3 heterocycles. The smallest absolute Gasteiger partial charge is 0.261 e. The Morgan fingerprint density at radius 2 is 2.00 bits per heavy atom. The van der Waals surface area contributed by atoms with Gasteiger partial charge in [0.15, 0.2) is 0 Å². The third kappa shape index (κ3) is 2.38. The van der Waals surface area contributed by atoms with Crippen molar-refractivity contribution in [2.24, 2.45) is 0 Å². The van der Waals surface area contributed by atoms with E-state index in [1.54, 1.807) is 6.07 Å². The van der Waals surface area contributed by atoms with Crippen LogP contribution in [0, 0.1) is 5.82 Å². The van der Waals surface area contributed by atoms with Gasteiger partial charge in [-0.15, -0.1) is 0 Å². The first-order valence-electron chi connectivity index (χ1n) is 8.72. The number of hydrogen-bond acceptors (Lipinski definition) is 3. The fraction of sp³-hybridized carbons (Fsp3) is 0.300. The second kappa shape index (κ2) is 5.49. The molecule has 0 saturated carbocycles. The average Bonchev–Trinajstić information content (AvgIpc) is 3.07. The SMILES string of the molecule is O=c1c2ccc(-c3cccc(F)c3)cc2nc2n1CC1CCCN1C2. The highest BCUT2D eigenvalue weighted by atomic mass is 19.1. The summed E-state index contributed by atoms with van der Waals surface area (Å²) in [7, 11) is 0. The van der Waals surface area contributed by atoms with E-state index in [2.05, 4.69) is 4.90 Å². The second-order valence-corrected chi connectivity index (χ2v) is 6.95. The number of halogens is 1. The van der Waals surface area contributed by atoms with Crippen LogP contribution in [0.4, 0.5) is 4.39 Å². The number of benzene rings is 2. The van der Waals surface area contributed by atoms with Gasteiger partial charge in [0, 0.05) is 12.6 Å². The van der Waals surface area contributed by atoms with Crippen molar-refractivity contribution < 1.29 is 4.39 Å². The van der Waals surface area contributed by atoms with Gasteiger partial charge in [-0.2, -0.15) is 0 Å². The minimum atomic E-state index is -0.267. The Balaban J connectivity index is 1.66. The van der Waals surface area contributed by atoms with Crippen LogP contribution in [0.2, 0.25) is 0 Å². The zero-order chi connectivity index (χ0) is 17.0. The Kier molecular flexibility index (Phi) is 3.25. The topological polar surface area (TPSA) is 38.1 Å². The van der Waals surface area contributed by atoms with E-state index in [4.69, 9.17) is 4.98 Å². The van der Waals surface area contributed by atoms with Gasteiger partial charge in [-0.05, 0) is 54.8 Å². The molecule has 25 heavy (non-hydrogen) atoms. The van der Waals surface area contributed by atoms with Crippen molar-refractivity contribution in [2.45, 2.75) is 32.0 Å². The molecule has 0 radical (unpaired) electrons. The van der Waals surface area contributed by atoms with Crippen LogP contribution in [0.25, 0.3) is 22.0 Å². The van der Waals surface area contributed by atoms with Crippen LogP contribution in [0.1, 0.15) is 18.7 Å². The fourth-order valence-electron chi connectivity index (χ4n) is 4.13. The van der Waals surface area contributed by atoms with Gasteiger partial charge in [-0.3, -0.25) is 14.3 Å². The monoisotopic (exact) mass is 335 g/mol. The molecule has 0 bridgehead atoms. The molecule has 1 unspecified atom stereocenters. The van der Waals surface area contributed by atoms with Crippen molar-refractivity contribution in [1.29, 1.82) is 0 Å². The lowest BCUT2D eigenvalue weighted by Crippen LogP contribution is -2.43. The van der Waals surface area contributed by atoms with Crippen LogP contribution >= 0.6 is 0 Å². The number of hydrogen-bond donors (Lipinski definition) is 0. The van der Waals surface area contributed by atoms with Crippen molar-refractivity contribution in [3.05, 3.63) is 64.5 Å². The molecule has 5 rings (SSSR count). The first-order chi connectivity index (χ1) is 12.2. The van der Waals surface area contributed by atoms with Gasteiger partial charge in [0.25, 0.3) is 5.56 Å². The van der Waals surface area contributed by atoms with Crippen LogP contribution in [-0.4, -0.2) is 27.0 Å². The van der Waals surface area contributed by atoms with E-state index in [0.29, 0.717) is 16.9 Å². The molecule has 2 aliphatic heterocycles. The van der Waals surface area contributed by atoms with Gasteiger partial charge in [-0.25, -0.2) is 9.37 Å². The zero-order valence-corrected chi connectivity index (χ0v) is 13.8. The summed E-state index contributed by atoms with van der Waals surface area (Å²) >= 11 is 0. The highest BCUT2D eigenvalue weighted by Gasteiger charge is 2.31. The van der Waals surface area contributed by atoms with Crippen molar-refractivity contribution in [2.75, 3.05) is 6.54 Å². The average molecular weight is 335 g/mol. The maximum absolute atomic E-state index is 13.5. The third-order valence-corrected chi connectivity index (χ3v) is 5.43. The second-order valence-electron chi connectivity index (χ2n) is 6.95. The van der Waals surface area contributed by atoms with E-state index in [0.717, 1.165) is 43.0 Å². The minimum absolute atomic E-state index is 0.0392. The summed E-state index contributed by atoms with van der Waals surface area (Å²) in [6.07, 6.45) is 2.35. The standard InChI is InChI=1S/C20H18FN3O/c21-15-4-1-3-13(9-15)14-6-7-17-18(10-14)22-19-12-23-8-2-5-16(23)11-24(19)20(17)25/h1,3-4,6-7,9-10,16H,2,5,8,11-12H2. The van der Waals surface area contributed by atoms with Gasteiger partial charge in [0.1, 0.15) is 11.6 Å². The largest absolute Gasteiger partial charge is 0.293 e. The summed E-state index contributed by atoms with van der Waals surface area (Å²) in [5.74, 6) is 0.572. The third-order valence-electron chi connectivity index (χ3n) is 5.43. The van der Waals surface area contributed by atoms with E-state index in [1.807, 2.05) is 28.8 Å². The quantitative estimate of drug-likeness (QED) is 0.685. The summed E-state index contributed by atoms with van der Waals surface area (Å²) in [5.41, 5.74) is 2.40. The molecule has 2 aromatic carbocycles. The Bertz CT molecular complexity index is 1040. The van der Waals surface area contributed by atoms with E-state index in [1.165, 1.54) is 18.6 Å². The Morgan fingerprint density at radius 1 is 1.12 bits per heavy atom. The van der Waals surface area contributed by atoms with Gasteiger partial charge in [0.2, 0.25) is 0 Å². The molecule has 0 amide bonds. The molecule has 4 nitrogen and oxygen atoms in total. The molecule has 0 N–H and O–H groups in total. The first kappa shape index (κ1) is 14.8. The lowest BCUT2D eigenvalue weighted by Gasteiger charge is -2.31. The van der Waals surface area contributed by atoms with E-state index in [-0.39, 0.29) is 11.4 Å². The van der Waals surface area contributed by atoms with Crippen LogP contribution < -0.4 is 5.56 Å². The Morgan fingerprint density at radius 3 is 2.88 bits per heavy atom. The van der Waals surface area contributed by atoms with Crippen LogP contribution in [-0.2, 0) is 13.1 Å². The predicted octanol–water partition coefficient (Wildman–Crippen LogP) is 3.18. The Hall–Kier alpha value is -2.53. The van der Waals surface area contributed by atoms with Gasteiger partial charge in [0.05, 0.1) is 17.4 Å². The van der Waals surface area contributed by atoms with Crippen molar-refractivity contribution in [1.82, 2.24) is 14.5 Å². The van der Waals surface area contributed by atoms with E-state index < -0.39 is 0 Å². The van der Waals surface area contributed by atoms with Crippen LogP contribution in [0.5, 0.6) is 0 Å². The van der Waals surface area contributed by atoms with Gasteiger partial charge in [-0.1, -0.05) is 18.2 Å². The summed E-state index contributed by atoms with van der Waals surface area (Å²) in [6, 6.07) is 12.5. The van der Waals surface area contributed by atoms with Crippen LogP contribution in [0.3, 0.4) is 0 Å². The highest BCUT2D eigenvalue weighted by Crippen LogP contribution is 2.27. The summed E-state index contributed by atoms with van der Waals surface area (Å²) in [5, 5.41) is 0.635. The number of nitrogens with zero attached hydrogens (tertiary/aromatic N) is 3. The maximum Gasteiger partial charge on any atom is 0.261 e. The van der Waals surface area contributed by atoms with Crippen molar-refractivity contribution >= 4 is 10.9 Å². The normalized spacial score (nSPS) is 19.8. The number of aromatic nitrogens is 2. The van der Waals surface area contributed by atoms with E-state index >= 15 is 0 Å². The number of fused-ring (bicyclic) bond motifs is 3. The van der Waals surface area contributed by atoms with Gasteiger partial charge < -0.3 is 0 Å². The molecule has 1 saturated heterocycles. The Labute approximate surface area is 144 Å². The zero-order valence-electron chi connectivity index (χ0n) is 13.8. The molecule has 3 aromatic rings. The van der Waals surface area contributed by atoms with Crippen molar-refractivity contribution in [3.8, 4) is 11.1 Å². The lowest BCUT2D eigenvalue weighted by molar-refractivity contribution is 0.181. The molecule has 1 atom stereocenters. The first-order valence-corrected chi connectivity index (χ1v) is 8.72. The number of rotatable bonds is 1. The lowest BCUT2D eigenvalue weighted by atomic mass is 10.0. The summed E-state index contributed by atoms with van der Waals surface area (Å²) in [4.78, 5) is 20.1. The van der Waals surface area contributed by atoms with Crippen molar-refractivity contribution in [3.63, 3.8) is 0 Å². The molecule has 1 fully saturated rings. The predicted molar refractivity (Wildman–Crippen MR) is 94.8 cm³/mol. The molecule has 126 valence electrons. The maximum atomic E-state index is 13.5. The molecule has 5 heteroatoms. The molecular weight excluding hydrogens is 317 g/mol. The minimum Gasteiger partial charge on any atom is -0.293 e. The highest BCUT2D eigenvalue weighted by molar-refractivity contribution is 5.83. The van der Waals surface area contributed by atoms with Crippen LogP contribution in [0.15, 0.2) is 47.3 Å². The molecule has 0 aliphatic carbocycles. The molecule has 2 aliphatic rings.